The molecule has 6 atom stereocenters. The van der Waals surface area contributed by atoms with Crippen LogP contribution in [0.4, 0.5) is 0 Å². The van der Waals surface area contributed by atoms with E-state index in [1.54, 1.807) is 6.08 Å². The van der Waals surface area contributed by atoms with Gasteiger partial charge in [-0.25, -0.2) is 0 Å². The molecule has 1 aliphatic rings. The summed E-state index contributed by atoms with van der Waals surface area (Å²) < 4.78 is 10.3. The smallest absolute Gasteiger partial charge is 0.305 e. The van der Waals surface area contributed by atoms with E-state index in [2.05, 4.69) is 13.8 Å². The van der Waals surface area contributed by atoms with Gasteiger partial charge in [-0.15, -0.1) is 0 Å². The minimum absolute atomic E-state index is 0.0287. The van der Waals surface area contributed by atoms with E-state index in [9.17, 15) is 30.0 Å². The Kier molecular flexibility index (Phi) is 27.3. The maximum Gasteiger partial charge on any atom is 0.305 e. The van der Waals surface area contributed by atoms with Crippen molar-refractivity contribution in [1.29, 1.82) is 0 Å². The first-order chi connectivity index (χ1) is 22.8. The fourth-order valence-electron chi connectivity index (χ4n) is 6.59. The highest BCUT2D eigenvalue weighted by Gasteiger charge is 2.39. The molecule has 0 amide bonds. The molecule has 8 heteroatoms. The van der Waals surface area contributed by atoms with Crippen LogP contribution >= 0.6 is 0 Å². The maximum absolute atomic E-state index is 12.1. The zero-order chi connectivity index (χ0) is 34.5. The summed E-state index contributed by atoms with van der Waals surface area (Å²) in [6.45, 7) is 4.03. The van der Waals surface area contributed by atoms with Gasteiger partial charge in [0.05, 0.1) is 18.3 Å². The summed E-state index contributed by atoms with van der Waals surface area (Å²) in [5.41, 5.74) is 0. The second-order valence-corrected chi connectivity index (χ2v) is 14.0. The molecule has 1 saturated carbocycles. The van der Waals surface area contributed by atoms with Gasteiger partial charge in [0.1, 0.15) is 19.3 Å². The van der Waals surface area contributed by atoms with Gasteiger partial charge < -0.3 is 29.9 Å². The highest BCUT2D eigenvalue weighted by atomic mass is 16.6. The van der Waals surface area contributed by atoms with E-state index in [0.717, 1.165) is 70.6 Å². The topological polar surface area (TPSA) is 134 Å². The average molecular weight is 669 g/mol. The predicted octanol–water partition coefficient (Wildman–Crippen LogP) is 8.11. The van der Waals surface area contributed by atoms with Crippen molar-refractivity contribution in [3.8, 4) is 0 Å². The molecule has 1 rings (SSSR count). The van der Waals surface area contributed by atoms with Crippen LogP contribution in [0.2, 0.25) is 0 Å². The van der Waals surface area contributed by atoms with Gasteiger partial charge in [0.2, 0.25) is 0 Å². The number of esters is 2. The third kappa shape index (κ3) is 23.5. The minimum atomic E-state index is -1.03. The molecule has 47 heavy (non-hydrogen) atoms. The van der Waals surface area contributed by atoms with Crippen LogP contribution in [0.5, 0.6) is 0 Å². The summed E-state index contributed by atoms with van der Waals surface area (Å²) in [4.78, 5) is 24.1. The molecule has 0 aliphatic heterocycles. The summed E-state index contributed by atoms with van der Waals surface area (Å²) in [7, 11) is 0. The molecule has 0 aromatic rings. The van der Waals surface area contributed by atoms with Gasteiger partial charge in [-0.05, 0) is 31.6 Å². The van der Waals surface area contributed by atoms with Crippen molar-refractivity contribution >= 4 is 11.9 Å². The molecule has 0 heterocycles. The number of ether oxygens (including phenoxy) is 2. The van der Waals surface area contributed by atoms with Crippen LogP contribution in [0.25, 0.3) is 0 Å². The summed E-state index contributed by atoms with van der Waals surface area (Å²) in [5.74, 6) is -0.871. The SMILES string of the molecule is CCCCCCCCCCCCCCCC(=O)OC[C@H](O)COC(=O)CCCCCC[C@@H]1[C@@H](/C=C/[C@@H](O)CCCCC)[C@H](O)C[C@@H]1O. The molecule has 0 spiro atoms. The van der Waals surface area contributed by atoms with Crippen LogP contribution in [0.1, 0.15) is 174 Å². The molecule has 0 aromatic carbocycles. The third-order valence-corrected chi connectivity index (χ3v) is 9.60. The van der Waals surface area contributed by atoms with E-state index in [-0.39, 0.29) is 43.4 Å². The van der Waals surface area contributed by atoms with Gasteiger partial charge in [0, 0.05) is 25.2 Å². The Morgan fingerprint density at radius 3 is 1.60 bits per heavy atom. The van der Waals surface area contributed by atoms with Crippen molar-refractivity contribution in [2.24, 2.45) is 11.8 Å². The van der Waals surface area contributed by atoms with E-state index in [4.69, 9.17) is 9.47 Å². The van der Waals surface area contributed by atoms with Crippen LogP contribution in [-0.2, 0) is 19.1 Å². The van der Waals surface area contributed by atoms with Gasteiger partial charge >= 0.3 is 11.9 Å². The second-order valence-electron chi connectivity index (χ2n) is 14.0. The van der Waals surface area contributed by atoms with Crippen LogP contribution in [0, 0.1) is 11.8 Å². The molecular formula is C39H72O8. The van der Waals surface area contributed by atoms with E-state index in [1.165, 1.54) is 64.2 Å². The van der Waals surface area contributed by atoms with Crippen LogP contribution in [0.15, 0.2) is 12.2 Å². The standard InChI is InChI=1S/C39H72O8/c1-3-5-7-8-9-10-11-12-13-14-15-16-21-25-38(44)46-30-33(41)31-47-39(45)26-22-18-17-20-24-34-35(37(43)29-36(34)42)28-27-32(40)23-19-6-4-2/h27-28,32-37,40-43H,3-26,29-31H2,1-2H3/b28-27+/t32-,33-,34+,35+,36-,37+/m0/s1. The van der Waals surface area contributed by atoms with Gasteiger partial charge in [0.15, 0.2) is 0 Å². The Balaban J connectivity index is 2.02. The number of unbranched alkanes of at least 4 members (excludes halogenated alkanes) is 17. The Morgan fingerprint density at radius 2 is 1.09 bits per heavy atom. The zero-order valence-electron chi connectivity index (χ0n) is 30.1. The van der Waals surface area contributed by atoms with Gasteiger partial charge in [-0.1, -0.05) is 142 Å². The Morgan fingerprint density at radius 1 is 0.638 bits per heavy atom. The number of aliphatic hydroxyl groups is 4. The van der Waals surface area contributed by atoms with Crippen molar-refractivity contribution in [1.82, 2.24) is 0 Å². The predicted molar refractivity (Wildman–Crippen MR) is 189 cm³/mol. The van der Waals surface area contributed by atoms with Crippen molar-refractivity contribution in [2.75, 3.05) is 13.2 Å². The highest BCUT2D eigenvalue weighted by Crippen LogP contribution is 2.37. The molecule has 0 aromatic heterocycles. The number of hydrogen-bond acceptors (Lipinski definition) is 8. The molecule has 1 aliphatic carbocycles. The average Bonchev–Trinajstić information content (AvgIpc) is 3.32. The van der Waals surface area contributed by atoms with Gasteiger partial charge in [-0.2, -0.15) is 0 Å². The third-order valence-electron chi connectivity index (χ3n) is 9.60. The molecule has 0 radical (unpaired) electrons. The molecule has 4 N–H and O–H groups in total. The lowest BCUT2D eigenvalue weighted by molar-refractivity contribution is -0.152. The quantitative estimate of drug-likeness (QED) is 0.0331. The van der Waals surface area contributed by atoms with E-state index in [1.807, 2.05) is 6.08 Å². The van der Waals surface area contributed by atoms with E-state index in [0.29, 0.717) is 19.3 Å². The Hall–Kier alpha value is -1.48. The minimum Gasteiger partial charge on any atom is -0.463 e. The monoisotopic (exact) mass is 669 g/mol. The number of carbonyl (C=O) groups excluding carboxylic acids is 2. The van der Waals surface area contributed by atoms with Crippen LogP contribution in [-0.4, -0.2) is 70.0 Å². The highest BCUT2D eigenvalue weighted by molar-refractivity contribution is 5.69. The Bertz CT molecular complexity index is 787. The first-order valence-electron chi connectivity index (χ1n) is 19.5. The molecule has 0 bridgehead atoms. The van der Waals surface area contributed by atoms with Gasteiger partial charge in [-0.3, -0.25) is 9.59 Å². The van der Waals surface area contributed by atoms with E-state index < -0.39 is 24.4 Å². The maximum atomic E-state index is 12.1. The van der Waals surface area contributed by atoms with Crippen molar-refractivity contribution in [2.45, 2.75) is 199 Å². The molecular weight excluding hydrogens is 596 g/mol. The summed E-state index contributed by atoms with van der Waals surface area (Å²) in [6, 6.07) is 0. The Labute approximate surface area is 287 Å². The fourth-order valence-corrected chi connectivity index (χ4v) is 6.59. The van der Waals surface area contributed by atoms with Gasteiger partial charge in [0.25, 0.3) is 0 Å². The molecule has 0 saturated heterocycles. The fraction of sp³-hybridized carbons (Fsp3) is 0.897. The van der Waals surface area contributed by atoms with Crippen LogP contribution in [0.3, 0.4) is 0 Å². The number of hydrogen-bond donors (Lipinski definition) is 4. The summed E-state index contributed by atoms with van der Waals surface area (Å²) >= 11 is 0. The first-order valence-corrected chi connectivity index (χ1v) is 19.5. The lowest BCUT2D eigenvalue weighted by Crippen LogP contribution is -2.25. The molecule has 8 nitrogen and oxygen atoms in total. The summed E-state index contributed by atoms with van der Waals surface area (Å²) in [5, 5.41) is 41.1. The lowest BCUT2D eigenvalue weighted by Gasteiger charge is -2.21. The van der Waals surface area contributed by atoms with Crippen molar-refractivity contribution in [3.05, 3.63) is 12.2 Å². The number of aliphatic hydroxyl groups excluding tert-OH is 4. The number of rotatable bonds is 31. The molecule has 0 unspecified atom stereocenters. The second kappa shape index (κ2) is 29.4. The van der Waals surface area contributed by atoms with Crippen molar-refractivity contribution < 1.29 is 39.5 Å². The van der Waals surface area contributed by atoms with Crippen molar-refractivity contribution in [3.63, 3.8) is 0 Å². The van der Waals surface area contributed by atoms with E-state index >= 15 is 0 Å². The molecule has 1 fully saturated rings. The summed E-state index contributed by atoms with van der Waals surface area (Å²) in [6.07, 6.45) is 26.2. The lowest BCUT2D eigenvalue weighted by atomic mass is 9.88. The zero-order valence-corrected chi connectivity index (χ0v) is 30.1. The molecule has 276 valence electrons. The normalized spacial score (nSPS) is 20.9. The first kappa shape index (κ1) is 43.5. The largest absolute Gasteiger partial charge is 0.463 e. The van der Waals surface area contributed by atoms with Crippen LogP contribution < -0.4 is 0 Å². The number of carbonyl (C=O) groups is 2.